The summed E-state index contributed by atoms with van der Waals surface area (Å²) in [4.78, 5) is 25.5. The number of morpholine rings is 1. The molecule has 24 heavy (non-hydrogen) atoms. The van der Waals surface area contributed by atoms with Gasteiger partial charge in [-0.25, -0.2) is 0 Å². The molecule has 2 aromatic carbocycles. The summed E-state index contributed by atoms with van der Waals surface area (Å²) in [6.45, 7) is 1.13. The number of carbonyl (C=O) groups excluding carboxylic acids is 1. The summed E-state index contributed by atoms with van der Waals surface area (Å²) in [6.07, 6.45) is -0.548. The molecule has 3 rings (SSSR count). The largest absolute Gasteiger partial charge is 0.481 e. The van der Waals surface area contributed by atoms with Crippen molar-refractivity contribution in [3.05, 3.63) is 60.2 Å². The van der Waals surface area contributed by atoms with Gasteiger partial charge in [-0.3, -0.25) is 9.59 Å². The molecular formula is C19H19NO4. The van der Waals surface area contributed by atoms with Crippen molar-refractivity contribution in [1.82, 2.24) is 4.90 Å². The number of aliphatic carboxylic acids is 1. The first kappa shape index (κ1) is 16.2. The van der Waals surface area contributed by atoms with E-state index in [1.807, 2.05) is 54.6 Å². The Morgan fingerprint density at radius 2 is 1.79 bits per heavy atom. The molecule has 1 N–H and O–H groups in total. The van der Waals surface area contributed by atoms with Crippen LogP contribution in [-0.2, 0) is 9.53 Å². The van der Waals surface area contributed by atoms with Gasteiger partial charge in [0.25, 0.3) is 5.91 Å². The second kappa shape index (κ2) is 7.27. The summed E-state index contributed by atoms with van der Waals surface area (Å²) in [5.41, 5.74) is 2.49. The topological polar surface area (TPSA) is 66.8 Å². The number of nitrogens with zero attached hydrogens (tertiary/aromatic N) is 1. The minimum absolute atomic E-state index is 0.0897. The van der Waals surface area contributed by atoms with Gasteiger partial charge in [-0.05, 0) is 17.2 Å². The number of carboxylic acid groups (broad SMARTS) is 1. The Balaban J connectivity index is 1.84. The molecule has 0 saturated carbocycles. The van der Waals surface area contributed by atoms with Gasteiger partial charge in [0, 0.05) is 18.7 Å². The van der Waals surface area contributed by atoms with Gasteiger partial charge < -0.3 is 14.7 Å². The molecule has 5 nitrogen and oxygen atoms in total. The third kappa shape index (κ3) is 3.63. The minimum atomic E-state index is -0.918. The van der Waals surface area contributed by atoms with E-state index in [2.05, 4.69) is 0 Å². The summed E-state index contributed by atoms with van der Waals surface area (Å²) in [5.74, 6) is -1.01. The molecule has 1 saturated heterocycles. The number of carbonyl (C=O) groups is 2. The molecule has 2 aromatic rings. The fraction of sp³-hybridized carbons (Fsp3) is 0.263. The monoisotopic (exact) mass is 325 g/mol. The second-order valence-electron chi connectivity index (χ2n) is 5.75. The average molecular weight is 325 g/mol. The molecule has 1 heterocycles. The van der Waals surface area contributed by atoms with Gasteiger partial charge in [-0.1, -0.05) is 48.5 Å². The van der Waals surface area contributed by atoms with E-state index in [1.165, 1.54) is 0 Å². The first-order valence-electron chi connectivity index (χ1n) is 7.92. The Kier molecular flexibility index (Phi) is 4.91. The van der Waals surface area contributed by atoms with Gasteiger partial charge in [0.2, 0.25) is 0 Å². The predicted molar refractivity (Wildman–Crippen MR) is 89.8 cm³/mol. The Morgan fingerprint density at radius 3 is 2.54 bits per heavy atom. The molecule has 0 unspecified atom stereocenters. The van der Waals surface area contributed by atoms with Gasteiger partial charge in [0.15, 0.2) is 0 Å². The summed E-state index contributed by atoms with van der Waals surface area (Å²) < 4.78 is 5.45. The molecule has 0 aromatic heterocycles. The maximum absolute atomic E-state index is 12.9. The maximum atomic E-state index is 12.9. The van der Waals surface area contributed by atoms with Crippen molar-refractivity contribution in [2.75, 3.05) is 19.7 Å². The minimum Gasteiger partial charge on any atom is -0.481 e. The first-order chi connectivity index (χ1) is 11.6. The van der Waals surface area contributed by atoms with Crippen molar-refractivity contribution in [2.24, 2.45) is 0 Å². The maximum Gasteiger partial charge on any atom is 0.306 e. The lowest BCUT2D eigenvalue weighted by molar-refractivity contribution is -0.141. The molecule has 1 atom stereocenters. The van der Waals surface area contributed by atoms with Crippen LogP contribution in [0.1, 0.15) is 16.8 Å². The number of hydrogen-bond donors (Lipinski definition) is 1. The number of carboxylic acids is 1. The standard InChI is InChI=1S/C19H19NO4/c21-18(22)12-15-13-20(10-11-24-15)19(23)17-9-5-4-8-16(17)14-6-2-1-3-7-14/h1-9,15H,10-13H2,(H,21,22)/t15-/m1/s1. The van der Waals surface area contributed by atoms with Crippen molar-refractivity contribution < 1.29 is 19.4 Å². The van der Waals surface area contributed by atoms with Crippen LogP contribution in [0.5, 0.6) is 0 Å². The van der Waals surface area contributed by atoms with Crippen molar-refractivity contribution in [1.29, 1.82) is 0 Å². The number of rotatable bonds is 4. The van der Waals surface area contributed by atoms with E-state index in [9.17, 15) is 9.59 Å². The summed E-state index contributed by atoms with van der Waals surface area (Å²) in [5, 5.41) is 8.92. The third-order valence-corrected chi connectivity index (χ3v) is 4.07. The highest BCUT2D eigenvalue weighted by Gasteiger charge is 2.27. The van der Waals surface area contributed by atoms with E-state index in [1.54, 1.807) is 4.90 Å². The van der Waals surface area contributed by atoms with Crippen LogP contribution in [0.2, 0.25) is 0 Å². The van der Waals surface area contributed by atoms with Gasteiger partial charge in [-0.2, -0.15) is 0 Å². The quantitative estimate of drug-likeness (QED) is 0.938. The summed E-state index contributed by atoms with van der Waals surface area (Å²) in [6, 6.07) is 17.2. The number of benzene rings is 2. The van der Waals surface area contributed by atoms with Crippen LogP contribution in [0.3, 0.4) is 0 Å². The predicted octanol–water partition coefficient (Wildman–Crippen LogP) is 2.67. The summed E-state index contributed by atoms with van der Waals surface area (Å²) >= 11 is 0. The first-order valence-corrected chi connectivity index (χ1v) is 7.92. The van der Waals surface area contributed by atoms with Crippen molar-refractivity contribution in [2.45, 2.75) is 12.5 Å². The highest BCUT2D eigenvalue weighted by atomic mass is 16.5. The van der Waals surface area contributed by atoms with E-state index in [0.717, 1.165) is 11.1 Å². The molecule has 1 fully saturated rings. The highest BCUT2D eigenvalue weighted by Crippen LogP contribution is 2.25. The number of ether oxygens (including phenoxy) is 1. The normalized spacial score (nSPS) is 17.5. The van der Waals surface area contributed by atoms with E-state index in [-0.39, 0.29) is 12.3 Å². The van der Waals surface area contributed by atoms with E-state index in [4.69, 9.17) is 9.84 Å². The van der Waals surface area contributed by atoms with Crippen LogP contribution in [0.4, 0.5) is 0 Å². The lowest BCUT2D eigenvalue weighted by Crippen LogP contribution is -2.46. The molecule has 0 bridgehead atoms. The molecule has 0 aliphatic carbocycles. The van der Waals surface area contributed by atoms with Gasteiger partial charge in [0.1, 0.15) is 0 Å². The van der Waals surface area contributed by atoms with Crippen LogP contribution >= 0.6 is 0 Å². The molecule has 124 valence electrons. The SMILES string of the molecule is O=C(O)C[C@@H]1CN(C(=O)c2ccccc2-c2ccccc2)CCO1. The van der Waals surface area contributed by atoms with Crippen LogP contribution in [0, 0.1) is 0 Å². The molecule has 1 aliphatic heterocycles. The molecule has 1 amide bonds. The van der Waals surface area contributed by atoms with Crippen LogP contribution < -0.4 is 0 Å². The zero-order valence-electron chi connectivity index (χ0n) is 13.2. The molecule has 0 radical (unpaired) electrons. The van der Waals surface area contributed by atoms with Crippen molar-refractivity contribution in [3.63, 3.8) is 0 Å². The van der Waals surface area contributed by atoms with Gasteiger partial charge in [-0.15, -0.1) is 0 Å². The van der Waals surface area contributed by atoms with E-state index in [0.29, 0.717) is 25.3 Å². The van der Waals surface area contributed by atoms with E-state index >= 15 is 0 Å². The molecular weight excluding hydrogens is 306 g/mol. The van der Waals surface area contributed by atoms with Gasteiger partial charge >= 0.3 is 5.97 Å². The third-order valence-electron chi connectivity index (χ3n) is 4.07. The van der Waals surface area contributed by atoms with Crippen molar-refractivity contribution in [3.8, 4) is 11.1 Å². The highest BCUT2D eigenvalue weighted by molar-refractivity contribution is 6.01. The summed E-state index contributed by atoms with van der Waals surface area (Å²) in [7, 11) is 0. The lowest BCUT2D eigenvalue weighted by Gasteiger charge is -2.32. The van der Waals surface area contributed by atoms with Crippen molar-refractivity contribution >= 4 is 11.9 Å². The van der Waals surface area contributed by atoms with E-state index < -0.39 is 12.1 Å². The smallest absolute Gasteiger partial charge is 0.306 e. The number of hydrogen-bond acceptors (Lipinski definition) is 3. The Bertz CT molecular complexity index is 729. The van der Waals surface area contributed by atoms with Crippen LogP contribution in [0.15, 0.2) is 54.6 Å². The van der Waals surface area contributed by atoms with Crippen LogP contribution in [-0.4, -0.2) is 47.7 Å². The Hall–Kier alpha value is -2.66. The average Bonchev–Trinajstić information content (AvgIpc) is 2.61. The molecule has 1 aliphatic rings. The zero-order valence-corrected chi connectivity index (χ0v) is 13.2. The second-order valence-corrected chi connectivity index (χ2v) is 5.75. The van der Waals surface area contributed by atoms with Crippen LogP contribution in [0.25, 0.3) is 11.1 Å². The lowest BCUT2D eigenvalue weighted by atomic mass is 9.98. The molecule has 5 heteroatoms. The Labute approximate surface area is 140 Å². The number of amides is 1. The zero-order chi connectivity index (χ0) is 16.9. The molecule has 0 spiro atoms. The fourth-order valence-electron chi connectivity index (χ4n) is 2.93. The van der Waals surface area contributed by atoms with Gasteiger partial charge in [0.05, 0.1) is 19.1 Å². The Morgan fingerprint density at radius 1 is 1.08 bits per heavy atom. The fourth-order valence-corrected chi connectivity index (χ4v) is 2.93.